The summed E-state index contributed by atoms with van der Waals surface area (Å²) in [6, 6.07) is 1.69. The predicted molar refractivity (Wildman–Crippen MR) is 72.6 cm³/mol. The van der Waals surface area contributed by atoms with E-state index in [0.29, 0.717) is 17.2 Å². The van der Waals surface area contributed by atoms with Crippen LogP contribution >= 0.6 is 0 Å². The number of nitrogen functional groups attached to an aromatic ring is 1. The number of hydrogen-bond donors (Lipinski definition) is 2. The Kier molecular flexibility index (Phi) is 4.70. The number of ether oxygens (including phenoxy) is 1. The summed E-state index contributed by atoms with van der Waals surface area (Å²) in [7, 11) is 1.72. The summed E-state index contributed by atoms with van der Waals surface area (Å²) in [5.41, 5.74) is 3.65. The summed E-state index contributed by atoms with van der Waals surface area (Å²) in [4.78, 5) is 18.2. The molecule has 1 aromatic rings. The molecule has 1 aliphatic heterocycles. The fourth-order valence-electron chi connectivity index (χ4n) is 2.40. The molecule has 6 heteroatoms. The molecule has 2 rings (SSSR count). The van der Waals surface area contributed by atoms with Crippen molar-refractivity contribution in [1.29, 1.82) is 0 Å². The van der Waals surface area contributed by atoms with Gasteiger partial charge in [0.05, 0.1) is 17.4 Å². The minimum Gasteiger partial charge on any atom is -0.384 e. The summed E-state index contributed by atoms with van der Waals surface area (Å²) in [5.74, 6) is 5.96. The van der Waals surface area contributed by atoms with Gasteiger partial charge in [0, 0.05) is 33.0 Å². The van der Waals surface area contributed by atoms with Crippen molar-refractivity contribution < 1.29 is 9.53 Å². The number of methoxy groups -OCH3 is 1. The number of carbonyl (C=O) groups excluding carboxylic acids is 1. The highest BCUT2D eigenvalue weighted by Crippen LogP contribution is 2.21. The summed E-state index contributed by atoms with van der Waals surface area (Å²) in [6.45, 7) is 2.30. The molecule has 1 saturated heterocycles. The van der Waals surface area contributed by atoms with Gasteiger partial charge in [-0.2, -0.15) is 0 Å². The number of likely N-dealkylation sites (tertiary alicyclic amines) is 1. The number of hydrazine groups is 1. The van der Waals surface area contributed by atoms with Crippen molar-refractivity contribution in [1.82, 2.24) is 9.88 Å². The maximum Gasteiger partial charge on any atom is 0.256 e. The largest absolute Gasteiger partial charge is 0.384 e. The van der Waals surface area contributed by atoms with Gasteiger partial charge in [-0.25, -0.2) is 0 Å². The van der Waals surface area contributed by atoms with Gasteiger partial charge in [0.2, 0.25) is 0 Å². The van der Waals surface area contributed by atoms with Crippen LogP contribution in [0.25, 0.3) is 0 Å². The SMILES string of the molecule is COCC1CCN(C(=O)c2ccncc2NN)CC1. The monoisotopic (exact) mass is 264 g/mol. The molecule has 0 aromatic carbocycles. The summed E-state index contributed by atoms with van der Waals surface area (Å²) >= 11 is 0. The number of nitrogens with two attached hydrogens (primary N) is 1. The van der Waals surface area contributed by atoms with Crippen LogP contribution in [-0.2, 0) is 4.74 Å². The number of rotatable bonds is 4. The molecule has 6 nitrogen and oxygen atoms in total. The molecule has 0 unspecified atom stereocenters. The minimum atomic E-state index is 0.00576. The highest BCUT2D eigenvalue weighted by atomic mass is 16.5. The molecule has 0 bridgehead atoms. The second kappa shape index (κ2) is 6.49. The van der Waals surface area contributed by atoms with E-state index >= 15 is 0 Å². The van der Waals surface area contributed by atoms with Crippen molar-refractivity contribution in [2.45, 2.75) is 12.8 Å². The number of piperidine rings is 1. The molecular formula is C13H20N4O2. The van der Waals surface area contributed by atoms with E-state index in [1.165, 1.54) is 0 Å². The Morgan fingerprint density at radius 2 is 2.32 bits per heavy atom. The lowest BCUT2D eigenvalue weighted by atomic mass is 9.97. The van der Waals surface area contributed by atoms with E-state index in [1.54, 1.807) is 25.6 Å². The second-order valence-electron chi connectivity index (χ2n) is 4.76. The molecule has 0 radical (unpaired) electrons. The Balaban J connectivity index is 2.01. The summed E-state index contributed by atoms with van der Waals surface area (Å²) in [6.07, 6.45) is 5.13. The number of amides is 1. The lowest BCUT2D eigenvalue weighted by Crippen LogP contribution is -2.39. The lowest BCUT2D eigenvalue weighted by molar-refractivity contribution is 0.0614. The van der Waals surface area contributed by atoms with E-state index in [4.69, 9.17) is 10.6 Å². The third kappa shape index (κ3) is 3.21. The number of anilines is 1. The van der Waals surface area contributed by atoms with Gasteiger partial charge in [0.25, 0.3) is 5.91 Å². The Morgan fingerprint density at radius 3 is 2.95 bits per heavy atom. The molecule has 0 saturated carbocycles. The molecule has 0 atom stereocenters. The zero-order chi connectivity index (χ0) is 13.7. The highest BCUT2D eigenvalue weighted by Gasteiger charge is 2.24. The van der Waals surface area contributed by atoms with Crippen molar-refractivity contribution in [3.05, 3.63) is 24.0 Å². The van der Waals surface area contributed by atoms with E-state index in [1.807, 2.05) is 4.90 Å². The molecule has 104 valence electrons. The van der Waals surface area contributed by atoms with Gasteiger partial charge < -0.3 is 15.1 Å². The van der Waals surface area contributed by atoms with E-state index in [2.05, 4.69) is 10.4 Å². The second-order valence-corrected chi connectivity index (χ2v) is 4.76. The smallest absolute Gasteiger partial charge is 0.256 e. The first kappa shape index (κ1) is 13.8. The van der Waals surface area contributed by atoms with Gasteiger partial charge in [-0.15, -0.1) is 0 Å². The van der Waals surface area contributed by atoms with E-state index in [0.717, 1.165) is 32.5 Å². The fraction of sp³-hybridized carbons (Fsp3) is 0.538. The van der Waals surface area contributed by atoms with Crippen LogP contribution in [0.2, 0.25) is 0 Å². The van der Waals surface area contributed by atoms with Gasteiger partial charge in [-0.3, -0.25) is 15.6 Å². The van der Waals surface area contributed by atoms with Crippen LogP contribution < -0.4 is 11.3 Å². The molecule has 1 aromatic heterocycles. The van der Waals surface area contributed by atoms with Crippen LogP contribution in [0, 0.1) is 5.92 Å². The average Bonchev–Trinajstić information content (AvgIpc) is 2.47. The normalized spacial score (nSPS) is 16.4. The number of pyridine rings is 1. The summed E-state index contributed by atoms with van der Waals surface area (Å²) < 4.78 is 5.16. The van der Waals surface area contributed by atoms with Crippen LogP contribution in [0.3, 0.4) is 0 Å². The first-order valence-electron chi connectivity index (χ1n) is 6.45. The standard InChI is InChI=1S/C13H20N4O2/c1-19-9-10-3-6-17(7-4-10)13(18)11-2-5-15-8-12(11)16-14/h2,5,8,10,16H,3-4,6-7,9,14H2,1H3. The minimum absolute atomic E-state index is 0.00576. The molecule has 2 heterocycles. The Hall–Kier alpha value is -1.66. The summed E-state index contributed by atoms with van der Waals surface area (Å²) in [5, 5.41) is 0. The van der Waals surface area contributed by atoms with Gasteiger partial charge in [-0.05, 0) is 24.8 Å². The first-order chi connectivity index (χ1) is 9.26. The van der Waals surface area contributed by atoms with Gasteiger partial charge in [0.15, 0.2) is 0 Å². The topological polar surface area (TPSA) is 80.5 Å². The van der Waals surface area contributed by atoms with E-state index < -0.39 is 0 Å². The van der Waals surface area contributed by atoms with Crippen LogP contribution in [0.4, 0.5) is 5.69 Å². The van der Waals surface area contributed by atoms with Gasteiger partial charge in [0.1, 0.15) is 0 Å². The van der Waals surface area contributed by atoms with Crippen LogP contribution in [0.15, 0.2) is 18.5 Å². The number of aromatic nitrogens is 1. The molecule has 0 spiro atoms. The van der Waals surface area contributed by atoms with Crippen molar-refractivity contribution in [3.63, 3.8) is 0 Å². The number of hydrogen-bond acceptors (Lipinski definition) is 5. The predicted octanol–water partition coefficient (Wildman–Crippen LogP) is 0.866. The third-order valence-electron chi connectivity index (χ3n) is 3.51. The number of nitrogens with zero attached hydrogens (tertiary/aromatic N) is 2. The molecule has 1 fully saturated rings. The van der Waals surface area contributed by atoms with Crippen molar-refractivity contribution in [3.8, 4) is 0 Å². The van der Waals surface area contributed by atoms with Crippen molar-refractivity contribution >= 4 is 11.6 Å². The van der Waals surface area contributed by atoms with Crippen LogP contribution in [0.1, 0.15) is 23.2 Å². The first-order valence-corrected chi connectivity index (χ1v) is 6.45. The van der Waals surface area contributed by atoms with Crippen LogP contribution in [-0.4, -0.2) is 42.6 Å². The Labute approximate surface area is 112 Å². The average molecular weight is 264 g/mol. The van der Waals surface area contributed by atoms with Crippen molar-refractivity contribution in [2.75, 3.05) is 32.2 Å². The molecule has 3 N–H and O–H groups in total. The van der Waals surface area contributed by atoms with Crippen molar-refractivity contribution in [2.24, 2.45) is 11.8 Å². The van der Waals surface area contributed by atoms with Gasteiger partial charge >= 0.3 is 0 Å². The molecule has 1 aliphatic rings. The maximum atomic E-state index is 12.4. The quantitative estimate of drug-likeness (QED) is 0.623. The van der Waals surface area contributed by atoms with Gasteiger partial charge in [-0.1, -0.05) is 0 Å². The number of carbonyl (C=O) groups is 1. The molecular weight excluding hydrogens is 244 g/mol. The third-order valence-corrected chi connectivity index (χ3v) is 3.51. The maximum absolute atomic E-state index is 12.4. The zero-order valence-corrected chi connectivity index (χ0v) is 11.1. The zero-order valence-electron chi connectivity index (χ0n) is 11.1. The molecule has 0 aliphatic carbocycles. The fourth-order valence-corrected chi connectivity index (χ4v) is 2.40. The van der Waals surface area contributed by atoms with E-state index in [-0.39, 0.29) is 5.91 Å². The Morgan fingerprint density at radius 1 is 1.58 bits per heavy atom. The lowest BCUT2D eigenvalue weighted by Gasteiger charge is -2.32. The van der Waals surface area contributed by atoms with Crippen LogP contribution in [0.5, 0.6) is 0 Å². The number of nitrogens with one attached hydrogen (secondary N) is 1. The molecule has 19 heavy (non-hydrogen) atoms. The Bertz CT molecular complexity index is 430. The van der Waals surface area contributed by atoms with E-state index in [9.17, 15) is 4.79 Å². The highest BCUT2D eigenvalue weighted by molar-refractivity contribution is 5.99. The molecule has 1 amide bonds.